The minimum atomic E-state index is 0.367. The molecular formula is C14H21NS. The SMILES string of the molecule is CCSCC1(c2ccccc2N)CCCC1. The van der Waals surface area contributed by atoms with Crippen LogP contribution >= 0.6 is 11.8 Å². The summed E-state index contributed by atoms with van der Waals surface area (Å²) < 4.78 is 0. The maximum Gasteiger partial charge on any atom is 0.0352 e. The van der Waals surface area contributed by atoms with Gasteiger partial charge < -0.3 is 5.73 Å². The first-order valence-electron chi connectivity index (χ1n) is 6.21. The smallest absolute Gasteiger partial charge is 0.0352 e. The number of benzene rings is 1. The molecule has 0 amide bonds. The average Bonchev–Trinajstić information content (AvgIpc) is 2.77. The summed E-state index contributed by atoms with van der Waals surface area (Å²) in [5.74, 6) is 2.44. The zero-order valence-electron chi connectivity index (χ0n) is 10.0. The lowest BCUT2D eigenvalue weighted by Gasteiger charge is -2.30. The van der Waals surface area contributed by atoms with Gasteiger partial charge >= 0.3 is 0 Å². The molecule has 1 saturated carbocycles. The molecular weight excluding hydrogens is 214 g/mol. The first-order chi connectivity index (χ1) is 7.78. The van der Waals surface area contributed by atoms with Gasteiger partial charge in [-0.25, -0.2) is 0 Å². The predicted molar refractivity (Wildman–Crippen MR) is 74.0 cm³/mol. The molecule has 0 aliphatic heterocycles. The van der Waals surface area contributed by atoms with Gasteiger partial charge in [0.2, 0.25) is 0 Å². The van der Waals surface area contributed by atoms with Crippen molar-refractivity contribution in [3.63, 3.8) is 0 Å². The molecule has 0 spiro atoms. The van der Waals surface area contributed by atoms with Crippen molar-refractivity contribution in [2.45, 2.75) is 38.0 Å². The lowest BCUT2D eigenvalue weighted by molar-refractivity contribution is 0.503. The summed E-state index contributed by atoms with van der Waals surface area (Å²) in [4.78, 5) is 0. The van der Waals surface area contributed by atoms with Crippen LogP contribution in [0.25, 0.3) is 0 Å². The molecule has 0 atom stereocenters. The summed E-state index contributed by atoms with van der Waals surface area (Å²) >= 11 is 2.05. The van der Waals surface area contributed by atoms with Crippen molar-refractivity contribution in [2.75, 3.05) is 17.2 Å². The Balaban J connectivity index is 2.28. The van der Waals surface area contributed by atoms with Crippen molar-refractivity contribution >= 4 is 17.4 Å². The molecule has 1 fully saturated rings. The minimum Gasteiger partial charge on any atom is -0.398 e. The van der Waals surface area contributed by atoms with Gasteiger partial charge in [-0.15, -0.1) is 0 Å². The summed E-state index contributed by atoms with van der Waals surface area (Å²) in [6.45, 7) is 2.24. The average molecular weight is 235 g/mol. The standard InChI is InChI=1S/C14H21NS/c1-2-16-11-14(9-5-6-10-14)12-7-3-4-8-13(12)15/h3-4,7-8H,2,5-6,9-11,15H2,1H3. The van der Waals surface area contributed by atoms with E-state index in [4.69, 9.17) is 5.73 Å². The fourth-order valence-corrected chi connectivity index (χ4v) is 3.86. The molecule has 2 N–H and O–H groups in total. The van der Waals surface area contributed by atoms with Crippen LogP contribution in [0.5, 0.6) is 0 Å². The number of anilines is 1. The number of rotatable bonds is 4. The summed E-state index contributed by atoms with van der Waals surface area (Å²) in [5.41, 5.74) is 8.90. The number of nitrogens with two attached hydrogens (primary N) is 1. The van der Waals surface area contributed by atoms with Crippen LogP contribution in [-0.4, -0.2) is 11.5 Å². The van der Waals surface area contributed by atoms with Gasteiger partial charge in [0, 0.05) is 16.9 Å². The topological polar surface area (TPSA) is 26.0 Å². The van der Waals surface area contributed by atoms with E-state index >= 15 is 0 Å². The third-order valence-electron chi connectivity index (χ3n) is 3.68. The van der Waals surface area contributed by atoms with Gasteiger partial charge in [0.1, 0.15) is 0 Å². The van der Waals surface area contributed by atoms with Crippen molar-refractivity contribution in [3.8, 4) is 0 Å². The number of hydrogen-bond acceptors (Lipinski definition) is 2. The van der Waals surface area contributed by atoms with Crippen LogP contribution in [0.2, 0.25) is 0 Å². The second-order valence-electron chi connectivity index (χ2n) is 4.71. The molecule has 0 unspecified atom stereocenters. The quantitative estimate of drug-likeness (QED) is 0.803. The molecule has 88 valence electrons. The number of nitrogen functional groups attached to an aromatic ring is 1. The molecule has 16 heavy (non-hydrogen) atoms. The molecule has 1 aliphatic carbocycles. The fraction of sp³-hybridized carbons (Fsp3) is 0.571. The van der Waals surface area contributed by atoms with Crippen molar-refractivity contribution in [3.05, 3.63) is 29.8 Å². The fourth-order valence-electron chi connectivity index (χ4n) is 2.82. The summed E-state index contributed by atoms with van der Waals surface area (Å²) in [5, 5.41) is 0. The molecule has 1 aliphatic rings. The van der Waals surface area contributed by atoms with E-state index in [9.17, 15) is 0 Å². The van der Waals surface area contributed by atoms with Crippen LogP contribution in [0, 0.1) is 0 Å². The third kappa shape index (κ3) is 2.22. The Kier molecular flexibility index (Phi) is 3.80. The van der Waals surface area contributed by atoms with E-state index in [1.165, 1.54) is 42.8 Å². The first-order valence-corrected chi connectivity index (χ1v) is 7.37. The maximum atomic E-state index is 6.15. The monoisotopic (exact) mass is 235 g/mol. The summed E-state index contributed by atoms with van der Waals surface area (Å²) in [7, 11) is 0. The highest BCUT2D eigenvalue weighted by Crippen LogP contribution is 2.45. The minimum absolute atomic E-state index is 0.367. The third-order valence-corrected chi connectivity index (χ3v) is 4.84. The van der Waals surface area contributed by atoms with Crippen molar-refractivity contribution in [1.82, 2.24) is 0 Å². The van der Waals surface area contributed by atoms with E-state index in [-0.39, 0.29) is 0 Å². The molecule has 0 heterocycles. The number of hydrogen-bond donors (Lipinski definition) is 1. The van der Waals surface area contributed by atoms with Crippen LogP contribution < -0.4 is 5.73 Å². The lowest BCUT2D eigenvalue weighted by atomic mass is 9.80. The van der Waals surface area contributed by atoms with Crippen LogP contribution in [-0.2, 0) is 5.41 Å². The zero-order chi connectivity index (χ0) is 11.4. The highest BCUT2D eigenvalue weighted by atomic mass is 32.2. The molecule has 1 aromatic carbocycles. The van der Waals surface area contributed by atoms with Crippen LogP contribution in [0.3, 0.4) is 0 Å². The van der Waals surface area contributed by atoms with Gasteiger partial charge in [-0.3, -0.25) is 0 Å². The number of para-hydroxylation sites is 1. The predicted octanol–water partition coefficient (Wildman–Crippen LogP) is 3.83. The second-order valence-corrected chi connectivity index (χ2v) is 5.99. The van der Waals surface area contributed by atoms with Gasteiger partial charge in [-0.1, -0.05) is 38.0 Å². The first kappa shape index (κ1) is 11.8. The van der Waals surface area contributed by atoms with E-state index in [0.29, 0.717) is 5.41 Å². The van der Waals surface area contributed by atoms with E-state index in [1.807, 2.05) is 12.1 Å². The van der Waals surface area contributed by atoms with Gasteiger partial charge in [-0.05, 0) is 30.2 Å². The zero-order valence-corrected chi connectivity index (χ0v) is 10.9. The largest absolute Gasteiger partial charge is 0.398 e. The van der Waals surface area contributed by atoms with E-state index in [2.05, 4.69) is 30.8 Å². The molecule has 1 nitrogen and oxygen atoms in total. The van der Waals surface area contributed by atoms with E-state index in [0.717, 1.165) is 5.69 Å². The van der Waals surface area contributed by atoms with E-state index < -0.39 is 0 Å². The second kappa shape index (κ2) is 5.13. The molecule has 1 aromatic rings. The van der Waals surface area contributed by atoms with Crippen LogP contribution in [0.4, 0.5) is 5.69 Å². The maximum absolute atomic E-state index is 6.15. The highest BCUT2D eigenvalue weighted by molar-refractivity contribution is 7.99. The Morgan fingerprint density at radius 1 is 1.25 bits per heavy atom. The summed E-state index contributed by atoms with van der Waals surface area (Å²) in [6, 6.07) is 8.44. The molecule has 2 heteroatoms. The number of thioether (sulfide) groups is 1. The Morgan fingerprint density at radius 2 is 1.94 bits per heavy atom. The van der Waals surface area contributed by atoms with Crippen LogP contribution in [0.15, 0.2) is 24.3 Å². The van der Waals surface area contributed by atoms with Gasteiger partial charge in [0.25, 0.3) is 0 Å². The highest BCUT2D eigenvalue weighted by Gasteiger charge is 2.36. The molecule has 0 aromatic heterocycles. The Bertz CT molecular complexity index is 342. The van der Waals surface area contributed by atoms with Gasteiger partial charge in [0.05, 0.1) is 0 Å². The Labute approximate surface area is 103 Å². The summed E-state index contributed by atoms with van der Waals surface area (Å²) in [6.07, 6.45) is 5.35. The van der Waals surface area contributed by atoms with Crippen molar-refractivity contribution in [1.29, 1.82) is 0 Å². The lowest BCUT2D eigenvalue weighted by Crippen LogP contribution is -2.26. The molecule has 0 bridgehead atoms. The van der Waals surface area contributed by atoms with Crippen molar-refractivity contribution in [2.24, 2.45) is 0 Å². The van der Waals surface area contributed by atoms with Crippen LogP contribution in [0.1, 0.15) is 38.2 Å². The van der Waals surface area contributed by atoms with Crippen molar-refractivity contribution < 1.29 is 0 Å². The Hall–Kier alpha value is -0.630. The molecule has 0 saturated heterocycles. The van der Waals surface area contributed by atoms with Gasteiger partial charge in [0.15, 0.2) is 0 Å². The molecule has 0 radical (unpaired) electrons. The van der Waals surface area contributed by atoms with E-state index in [1.54, 1.807) is 0 Å². The Morgan fingerprint density at radius 3 is 2.56 bits per heavy atom. The normalized spacial score (nSPS) is 18.8. The molecule has 2 rings (SSSR count). The van der Waals surface area contributed by atoms with Gasteiger partial charge in [-0.2, -0.15) is 11.8 Å².